The van der Waals surface area contributed by atoms with Gasteiger partial charge in [-0.1, -0.05) is 6.07 Å². The number of carbonyl (C=O) groups is 1. The first-order chi connectivity index (χ1) is 14.2. The van der Waals surface area contributed by atoms with Crippen LogP contribution >= 0.6 is 0 Å². The predicted molar refractivity (Wildman–Crippen MR) is 113 cm³/mol. The van der Waals surface area contributed by atoms with Crippen molar-refractivity contribution in [3.8, 4) is 0 Å². The number of ether oxygens (including phenoxy) is 1. The molecular formula is C21H30N4O4S. The molecule has 30 heavy (non-hydrogen) atoms. The Morgan fingerprint density at radius 2 is 1.83 bits per heavy atom. The van der Waals surface area contributed by atoms with Crippen LogP contribution in [-0.2, 0) is 14.6 Å². The number of piperidine rings is 1. The smallest absolute Gasteiger partial charge is 0.274 e. The van der Waals surface area contributed by atoms with E-state index >= 15 is 0 Å². The number of aromatic nitrogens is 2. The van der Waals surface area contributed by atoms with Crippen LogP contribution in [-0.4, -0.2) is 84.7 Å². The zero-order chi connectivity index (χ0) is 21.5. The molecule has 0 radical (unpaired) electrons. The van der Waals surface area contributed by atoms with E-state index in [9.17, 15) is 13.2 Å². The van der Waals surface area contributed by atoms with Crippen molar-refractivity contribution in [1.82, 2.24) is 19.2 Å². The molecule has 0 aromatic carbocycles. The van der Waals surface area contributed by atoms with Gasteiger partial charge in [-0.25, -0.2) is 13.4 Å². The largest absolute Gasteiger partial charge is 0.373 e. The number of sulfone groups is 1. The van der Waals surface area contributed by atoms with E-state index in [1.807, 2.05) is 4.90 Å². The third-order valence-corrected chi connectivity index (χ3v) is 6.91. The molecule has 0 spiro atoms. The zero-order valence-corrected chi connectivity index (χ0v) is 18.6. The summed E-state index contributed by atoms with van der Waals surface area (Å²) in [4.78, 5) is 21.7. The number of pyridine rings is 1. The summed E-state index contributed by atoms with van der Waals surface area (Å²) in [5.74, 6) is 0.359. The molecule has 164 valence electrons. The maximum atomic E-state index is 13.2. The summed E-state index contributed by atoms with van der Waals surface area (Å²) in [5.41, 5.74) is 0.742. The number of rotatable bonds is 4. The monoisotopic (exact) mass is 434 g/mol. The van der Waals surface area contributed by atoms with Crippen molar-refractivity contribution in [2.45, 2.75) is 44.1 Å². The van der Waals surface area contributed by atoms with Gasteiger partial charge in [0.1, 0.15) is 0 Å². The van der Waals surface area contributed by atoms with Crippen molar-refractivity contribution in [2.24, 2.45) is 5.92 Å². The summed E-state index contributed by atoms with van der Waals surface area (Å²) >= 11 is 0. The van der Waals surface area contributed by atoms with Crippen LogP contribution in [0.3, 0.4) is 0 Å². The average Bonchev–Trinajstić information content (AvgIpc) is 3.07. The van der Waals surface area contributed by atoms with E-state index < -0.39 is 9.84 Å². The lowest BCUT2D eigenvalue weighted by Crippen LogP contribution is -2.48. The highest BCUT2D eigenvalue weighted by molar-refractivity contribution is 7.90. The Morgan fingerprint density at radius 3 is 2.47 bits per heavy atom. The summed E-state index contributed by atoms with van der Waals surface area (Å²) in [6.45, 7) is 8.51. The molecule has 9 heteroatoms. The molecule has 2 aromatic rings. The number of hydrogen-bond acceptors (Lipinski definition) is 6. The van der Waals surface area contributed by atoms with E-state index in [1.165, 1.54) is 4.40 Å². The second-order valence-corrected chi connectivity index (χ2v) is 10.6. The van der Waals surface area contributed by atoms with Gasteiger partial charge in [-0.15, -0.1) is 0 Å². The third-order valence-electron chi connectivity index (χ3n) is 5.96. The van der Waals surface area contributed by atoms with Crippen LogP contribution < -0.4 is 0 Å². The summed E-state index contributed by atoms with van der Waals surface area (Å²) in [7, 11) is -3.54. The normalized spacial score (nSPS) is 24.4. The van der Waals surface area contributed by atoms with Crippen molar-refractivity contribution in [2.75, 3.05) is 39.0 Å². The zero-order valence-electron chi connectivity index (χ0n) is 17.8. The van der Waals surface area contributed by atoms with Crippen molar-refractivity contribution in [3.05, 3.63) is 30.1 Å². The number of likely N-dealkylation sites (tertiary alicyclic amines) is 1. The standard InChI is InChI=1S/C21H30N4O4S/c1-15-12-23(13-16(2)29-15)14-17-7-10-24(11-8-17)20(26)19-18-6-4-5-9-25(18)21(22-19)30(3,27)28/h4-6,9,15-17H,7-8,10-14H2,1-3H3. The Morgan fingerprint density at radius 1 is 1.17 bits per heavy atom. The van der Waals surface area contributed by atoms with Gasteiger partial charge in [0.05, 0.1) is 17.7 Å². The highest BCUT2D eigenvalue weighted by Crippen LogP contribution is 2.24. The molecule has 2 aliphatic heterocycles. The number of nitrogens with zero attached hydrogens (tertiary/aromatic N) is 4. The maximum Gasteiger partial charge on any atom is 0.274 e. The predicted octanol–water partition coefficient (Wildman–Crippen LogP) is 1.70. The number of carbonyl (C=O) groups excluding carboxylic acids is 1. The van der Waals surface area contributed by atoms with Crippen LogP contribution in [0, 0.1) is 5.92 Å². The van der Waals surface area contributed by atoms with Crippen LogP contribution in [0.25, 0.3) is 5.52 Å². The summed E-state index contributed by atoms with van der Waals surface area (Å²) in [6, 6.07) is 5.26. The van der Waals surface area contributed by atoms with Crippen molar-refractivity contribution < 1.29 is 17.9 Å². The van der Waals surface area contributed by atoms with Gasteiger partial charge in [0.15, 0.2) is 5.69 Å². The van der Waals surface area contributed by atoms with Gasteiger partial charge in [-0.2, -0.15) is 0 Å². The highest BCUT2D eigenvalue weighted by atomic mass is 32.2. The Kier molecular flexibility index (Phi) is 5.87. The SMILES string of the molecule is CC1CN(CC2CCN(C(=O)c3nc(S(C)(=O)=O)n4ccccc34)CC2)CC(C)O1. The molecule has 2 saturated heterocycles. The van der Waals surface area contributed by atoms with Gasteiger partial charge in [-0.3, -0.25) is 14.1 Å². The Labute approximate surface area is 177 Å². The van der Waals surface area contributed by atoms with Crippen LogP contribution in [0.4, 0.5) is 0 Å². The second kappa shape index (κ2) is 8.28. The summed E-state index contributed by atoms with van der Waals surface area (Å²) in [6.07, 6.45) is 5.14. The number of hydrogen-bond donors (Lipinski definition) is 0. The number of amides is 1. The lowest BCUT2D eigenvalue weighted by Gasteiger charge is -2.39. The minimum atomic E-state index is -3.54. The van der Waals surface area contributed by atoms with Crippen molar-refractivity contribution in [3.63, 3.8) is 0 Å². The van der Waals surface area contributed by atoms with Gasteiger partial charge in [0.25, 0.3) is 5.91 Å². The first kappa shape index (κ1) is 21.3. The van der Waals surface area contributed by atoms with Gasteiger partial charge in [-0.05, 0) is 44.7 Å². The van der Waals surface area contributed by atoms with Gasteiger partial charge >= 0.3 is 0 Å². The quantitative estimate of drug-likeness (QED) is 0.728. The highest BCUT2D eigenvalue weighted by Gasteiger charge is 2.31. The van der Waals surface area contributed by atoms with Crippen LogP contribution in [0.5, 0.6) is 0 Å². The molecule has 0 aliphatic carbocycles. The fourth-order valence-electron chi connectivity index (χ4n) is 4.70. The van der Waals surface area contributed by atoms with E-state index in [0.717, 1.165) is 38.7 Å². The molecule has 0 saturated carbocycles. The van der Waals surface area contributed by atoms with Gasteiger partial charge in [0.2, 0.25) is 15.0 Å². The first-order valence-corrected chi connectivity index (χ1v) is 12.5. The molecule has 2 fully saturated rings. The molecule has 2 aliphatic rings. The van der Waals surface area contributed by atoms with Crippen molar-refractivity contribution >= 4 is 21.3 Å². The van der Waals surface area contributed by atoms with E-state index in [1.54, 1.807) is 24.4 Å². The van der Waals surface area contributed by atoms with Crippen molar-refractivity contribution in [1.29, 1.82) is 0 Å². The molecule has 0 N–H and O–H groups in total. The number of imidazole rings is 1. The molecule has 2 atom stereocenters. The second-order valence-electron chi connectivity index (χ2n) is 8.68. The van der Waals surface area contributed by atoms with E-state index in [4.69, 9.17) is 4.74 Å². The lowest BCUT2D eigenvalue weighted by atomic mass is 9.95. The van der Waals surface area contributed by atoms with E-state index in [0.29, 0.717) is 24.5 Å². The molecule has 4 rings (SSSR count). The molecule has 4 heterocycles. The third kappa shape index (κ3) is 4.38. The summed E-state index contributed by atoms with van der Waals surface area (Å²) in [5, 5.41) is -0.0908. The number of morpholine rings is 1. The molecular weight excluding hydrogens is 404 g/mol. The molecule has 1 amide bonds. The minimum absolute atomic E-state index is 0.0908. The molecule has 2 unspecified atom stereocenters. The van der Waals surface area contributed by atoms with E-state index in [2.05, 4.69) is 23.7 Å². The van der Waals surface area contributed by atoms with Crippen LogP contribution in [0.1, 0.15) is 37.2 Å². The van der Waals surface area contributed by atoms with Gasteiger partial charge in [0, 0.05) is 45.2 Å². The molecule has 8 nitrogen and oxygen atoms in total. The Bertz CT molecular complexity index is 1020. The van der Waals surface area contributed by atoms with Gasteiger partial charge < -0.3 is 9.64 Å². The molecule has 2 aromatic heterocycles. The minimum Gasteiger partial charge on any atom is -0.373 e. The Balaban J connectivity index is 1.44. The first-order valence-electron chi connectivity index (χ1n) is 10.6. The van der Waals surface area contributed by atoms with Crippen LogP contribution in [0.15, 0.2) is 29.6 Å². The number of fused-ring (bicyclic) bond motifs is 1. The fourth-order valence-corrected chi connectivity index (χ4v) is 5.47. The maximum absolute atomic E-state index is 13.2. The summed E-state index contributed by atoms with van der Waals surface area (Å²) < 4.78 is 31.5. The topological polar surface area (TPSA) is 84.2 Å². The van der Waals surface area contributed by atoms with E-state index in [-0.39, 0.29) is 29.0 Å². The fraction of sp³-hybridized carbons (Fsp3) is 0.619. The molecule has 0 bridgehead atoms. The average molecular weight is 435 g/mol. The van der Waals surface area contributed by atoms with Crippen LogP contribution in [0.2, 0.25) is 0 Å². The Hall–Kier alpha value is -1.97. The lowest BCUT2D eigenvalue weighted by molar-refractivity contribution is -0.0728.